The molecule has 16 heavy (non-hydrogen) atoms. The molecule has 1 aromatic carbocycles. The highest BCUT2D eigenvalue weighted by atomic mass is 16.5. The molecule has 0 spiro atoms. The summed E-state index contributed by atoms with van der Waals surface area (Å²) in [6, 6.07) is 7.24. The Morgan fingerprint density at radius 3 is 2.50 bits per heavy atom. The normalized spacial score (nSPS) is 12.7. The summed E-state index contributed by atoms with van der Waals surface area (Å²) in [6.45, 7) is 4.01. The summed E-state index contributed by atoms with van der Waals surface area (Å²) < 4.78 is 5.05. The van der Waals surface area contributed by atoms with Gasteiger partial charge >= 0.3 is 0 Å². The number of methoxy groups -OCH3 is 1. The highest BCUT2D eigenvalue weighted by Crippen LogP contribution is 2.15. The van der Waals surface area contributed by atoms with Gasteiger partial charge in [-0.15, -0.1) is 0 Å². The maximum Gasteiger partial charge on any atom is 0.163 e. The van der Waals surface area contributed by atoms with Crippen molar-refractivity contribution in [2.24, 2.45) is 5.92 Å². The number of carbonyl (C=O) groups is 1. The number of hydrogen-bond donors (Lipinski definition) is 0. The Kier molecular flexibility index (Phi) is 4.77. The number of allylic oxidation sites excluding steroid dienone is 2. The van der Waals surface area contributed by atoms with Gasteiger partial charge in [0.05, 0.1) is 7.11 Å². The molecule has 0 heterocycles. The van der Waals surface area contributed by atoms with Gasteiger partial charge in [-0.3, -0.25) is 4.79 Å². The molecule has 0 aliphatic rings. The third-order valence-corrected chi connectivity index (χ3v) is 2.44. The summed E-state index contributed by atoms with van der Waals surface area (Å²) in [4.78, 5) is 11.9. The molecule has 86 valence electrons. The Morgan fingerprint density at radius 1 is 1.38 bits per heavy atom. The first-order chi connectivity index (χ1) is 7.67. The largest absolute Gasteiger partial charge is 0.497 e. The molecule has 0 N–H and O–H groups in total. The monoisotopic (exact) mass is 218 g/mol. The van der Waals surface area contributed by atoms with Crippen LogP contribution in [0.25, 0.3) is 0 Å². The second-order valence-electron chi connectivity index (χ2n) is 3.86. The van der Waals surface area contributed by atoms with E-state index in [1.165, 1.54) is 0 Å². The number of Topliss-reactive ketones (excluding diaryl/α,β-unsaturated/α-hetero) is 1. The smallest absolute Gasteiger partial charge is 0.163 e. The van der Waals surface area contributed by atoms with E-state index in [-0.39, 0.29) is 5.78 Å². The number of ketones is 1. The second-order valence-corrected chi connectivity index (χ2v) is 3.86. The first kappa shape index (κ1) is 12.5. The molecule has 0 saturated heterocycles. The van der Waals surface area contributed by atoms with Crippen molar-refractivity contribution in [1.29, 1.82) is 0 Å². The number of benzene rings is 1. The van der Waals surface area contributed by atoms with Crippen LogP contribution in [-0.4, -0.2) is 12.9 Å². The fourth-order valence-corrected chi connectivity index (χ4v) is 1.58. The molecular formula is C14H18O2. The van der Waals surface area contributed by atoms with E-state index in [2.05, 4.69) is 0 Å². The molecular weight excluding hydrogens is 200 g/mol. The van der Waals surface area contributed by atoms with Crippen molar-refractivity contribution in [2.45, 2.75) is 20.3 Å². The molecule has 1 aromatic rings. The molecule has 0 bridgehead atoms. The van der Waals surface area contributed by atoms with Crippen molar-refractivity contribution >= 4 is 5.78 Å². The summed E-state index contributed by atoms with van der Waals surface area (Å²) in [6.07, 6.45) is 4.57. The van der Waals surface area contributed by atoms with Gasteiger partial charge < -0.3 is 4.74 Å². The van der Waals surface area contributed by atoms with Gasteiger partial charge in [0.2, 0.25) is 0 Å². The zero-order chi connectivity index (χ0) is 12.0. The number of ether oxygens (including phenoxy) is 1. The Hall–Kier alpha value is -1.57. The van der Waals surface area contributed by atoms with E-state index >= 15 is 0 Å². The van der Waals surface area contributed by atoms with E-state index in [0.29, 0.717) is 12.3 Å². The SMILES string of the molecule is C/C=C/C(C)CC(=O)c1ccc(OC)cc1. The number of hydrogen-bond acceptors (Lipinski definition) is 2. The van der Waals surface area contributed by atoms with Crippen LogP contribution in [0.15, 0.2) is 36.4 Å². The molecule has 1 unspecified atom stereocenters. The Balaban J connectivity index is 2.65. The third kappa shape index (κ3) is 3.54. The Morgan fingerprint density at radius 2 is 2.00 bits per heavy atom. The van der Waals surface area contributed by atoms with E-state index in [0.717, 1.165) is 11.3 Å². The first-order valence-electron chi connectivity index (χ1n) is 5.47. The fourth-order valence-electron chi connectivity index (χ4n) is 1.58. The zero-order valence-corrected chi connectivity index (χ0v) is 10.1. The van der Waals surface area contributed by atoms with Crippen LogP contribution >= 0.6 is 0 Å². The lowest BCUT2D eigenvalue weighted by molar-refractivity contribution is 0.0972. The van der Waals surface area contributed by atoms with Gasteiger partial charge in [0.15, 0.2) is 5.78 Å². The van der Waals surface area contributed by atoms with E-state index in [9.17, 15) is 4.79 Å². The van der Waals surface area contributed by atoms with E-state index < -0.39 is 0 Å². The molecule has 0 aliphatic heterocycles. The highest BCUT2D eigenvalue weighted by Gasteiger charge is 2.08. The molecule has 2 heteroatoms. The summed E-state index contributed by atoms with van der Waals surface area (Å²) >= 11 is 0. The van der Waals surface area contributed by atoms with Gasteiger partial charge in [-0.25, -0.2) is 0 Å². The standard InChI is InChI=1S/C14H18O2/c1-4-5-11(2)10-14(15)12-6-8-13(16-3)9-7-12/h4-9,11H,10H2,1-3H3/b5-4+. The van der Waals surface area contributed by atoms with Crippen LogP contribution in [0.1, 0.15) is 30.6 Å². The molecule has 0 aliphatic carbocycles. The average molecular weight is 218 g/mol. The topological polar surface area (TPSA) is 26.3 Å². The lowest BCUT2D eigenvalue weighted by Crippen LogP contribution is -2.04. The van der Waals surface area contributed by atoms with E-state index in [1.807, 2.05) is 50.3 Å². The molecule has 0 aromatic heterocycles. The Bertz CT molecular complexity index is 363. The zero-order valence-electron chi connectivity index (χ0n) is 10.1. The maximum absolute atomic E-state index is 11.9. The van der Waals surface area contributed by atoms with Gasteiger partial charge in [0, 0.05) is 12.0 Å². The van der Waals surface area contributed by atoms with E-state index in [1.54, 1.807) is 7.11 Å². The molecule has 2 nitrogen and oxygen atoms in total. The van der Waals surface area contributed by atoms with Crippen molar-refractivity contribution < 1.29 is 9.53 Å². The quantitative estimate of drug-likeness (QED) is 0.558. The van der Waals surface area contributed by atoms with Gasteiger partial charge in [0.25, 0.3) is 0 Å². The summed E-state index contributed by atoms with van der Waals surface area (Å²) in [5.41, 5.74) is 0.747. The minimum atomic E-state index is 0.174. The molecule has 1 rings (SSSR count). The van der Waals surface area contributed by atoms with Crippen LogP contribution in [0.3, 0.4) is 0 Å². The van der Waals surface area contributed by atoms with Crippen LogP contribution in [0.5, 0.6) is 5.75 Å². The van der Waals surface area contributed by atoms with Crippen molar-refractivity contribution in [1.82, 2.24) is 0 Å². The van der Waals surface area contributed by atoms with Crippen LogP contribution < -0.4 is 4.74 Å². The lowest BCUT2D eigenvalue weighted by Gasteiger charge is -2.06. The van der Waals surface area contributed by atoms with E-state index in [4.69, 9.17) is 4.74 Å². The predicted octanol–water partition coefficient (Wildman–Crippen LogP) is 3.48. The third-order valence-electron chi connectivity index (χ3n) is 2.44. The molecule has 0 amide bonds. The van der Waals surface area contributed by atoms with Crippen LogP contribution in [-0.2, 0) is 0 Å². The summed E-state index contributed by atoms with van der Waals surface area (Å²) in [5.74, 6) is 1.24. The van der Waals surface area contributed by atoms with Crippen molar-refractivity contribution in [2.75, 3.05) is 7.11 Å². The number of carbonyl (C=O) groups excluding carboxylic acids is 1. The van der Waals surface area contributed by atoms with Crippen LogP contribution in [0, 0.1) is 5.92 Å². The maximum atomic E-state index is 11.9. The van der Waals surface area contributed by atoms with Crippen LogP contribution in [0.4, 0.5) is 0 Å². The summed E-state index contributed by atoms with van der Waals surface area (Å²) in [5, 5.41) is 0. The lowest BCUT2D eigenvalue weighted by atomic mass is 9.99. The van der Waals surface area contributed by atoms with Crippen LogP contribution in [0.2, 0.25) is 0 Å². The second kappa shape index (κ2) is 6.11. The van der Waals surface area contributed by atoms with Gasteiger partial charge in [-0.05, 0) is 37.1 Å². The van der Waals surface area contributed by atoms with Gasteiger partial charge in [-0.2, -0.15) is 0 Å². The average Bonchev–Trinajstić information content (AvgIpc) is 2.29. The van der Waals surface area contributed by atoms with Crippen molar-refractivity contribution in [3.8, 4) is 5.75 Å². The van der Waals surface area contributed by atoms with Gasteiger partial charge in [-0.1, -0.05) is 19.1 Å². The molecule has 0 saturated carbocycles. The molecule has 0 radical (unpaired) electrons. The molecule has 1 atom stereocenters. The highest BCUT2D eigenvalue weighted by molar-refractivity contribution is 5.96. The Labute approximate surface area is 96.9 Å². The fraction of sp³-hybridized carbons (Fsp3) is 0.357. The minimum absolute atomic E-state index is 0.174. The van der Waals surface area contributed by atoms with Crippen molar-refractivity contribution in [3.63, 3.8) is 0 Å². The predicted molar refractivity (Wildman–Crippen MR) is 65.9 cm³/mol. The minimum Gasteiger partial charge on any atom is -0.497 e. The van der Waals surface area contributed by atoms with Gasteiger partial charge in [0.1, 0.15) is 5.75 Å². The first-order valence-corrected chi connectivity index (χ1v) is 5.47. The summed E-state index contributed by atoms with van der Waals surface area (Å²) in [7, 11) is 1.62. The molecule has 0 fully saturated rings. The van der Waals surface area contributed by atoms with Crippen molar-refractivity contribution in [3.05, 3.63) is 42.0 Å². The number of rotatable bonds is 5.